The van der Waals surface area contributed by atoms with Crippen molar-refractivity contribution in [2.45, 2.75) is 65.1 Å². The van der Waals surface area contributed by atoms with E-state index in [0.29, 0.717) is 30.1 Å². The van der Waals surface area contributed by atoms with E-state index in [0.717, 1.165) is 18.6 Å². The summed E-state index contributed by atoms with van der Waals surface area (Å²) in [6.45, 7) is 18.0. The van der Waals surface area contributed by atoms with Crippen molar-refractivity contribution in [3.8, 4) is 17.6 Å². The van der Waals surface area contributed by atoms with Crippen LogP contribution in [0.3, 0.4) is 0 Å². The highest BCUT2D eigenvalue weighted by molar-refractivity contribution is 6.74. The van der Waals surface area contributed by atoms with Crippen LogP contribution in [0.2, 0.25) is 18.1 Å². The Balaban J connectivity index is 2.64. The number of ether oxygens (including phenoxy) is 1. The molecule has 0 radical (unpaired) electrons. The first-order chi connectivity index (χ1) is 13.0. The van der Waals surface area contributed by atoms with Crippen molar-refractivity contribution in [3.63, 3.8) is 0 Å². The van der Waals surface area contributed by atoms with Crippen LogP contribution in [-0.2, 0) is 10.8 Å². The third-order valence-electron chi connectivity index (χ3n) is 5.44. The van der Waals surface area contributed by atoms with Gasteiger partial charge >= 0.3 is 0 Å². The van der Waals surface area contributed by atoms with Crippen molar-refractivity contribution in [1.82, 2.24) is 0 Å². The summed E-state index contributed by atoms with van der Waals surface area (Å²) in [6.07, 6.45) is 3.96. The van der Waals surface area contributed by atoms with Crippen LogP contribution in [0, 0.1) is 17.8 Å². The monoisotopic (exact) mass is 400 g/mol. The molecule has 0 aliphatic heterocycles. The quantitative estimate of drug-likeness (QED) is 0.166. The van der Waals surface area contributed by atoms with Crippen LogP contribution in [0.25, 0.3) is 0 Å². The molecular weight excluding hydrogens is 364 g/mol. The number of Topliss-reactive ketones (excluding diaryl/α,β-unsaturated/α-hetero) is 1. The van der Waals surface area contributed by atoms with Crippen molar-refractivity contribution in [3.05, 3.63) is 42.0 Å². The highest BCUT2D eigenvalue weighted by Crippen LogP contribution is 2.36. The van der Waals surface area contributed by atoms with Gasteiger partial charge in [-0.05, 0) is 54.9 Å². The predicted octanol–water partition coefficient (Wildman–Crippen LogP) is 6.05. The number of carbonyl (C=O) groups is 1. The van der Waals surface area contributed by atoms with Gasteiger partial charge in [0.1, 0.15) is 5.75 Å². The molecule has 0 heterocycles. The van der Waals surface area contributed by atoms with Crippen LogP contribution in [0.5, 0.6) is 5.75 Å². The van der Waals surface area contributed by atoms with Crippen LogP contribution in [0.15, 0.2) is 30.9 Å². The molecule has 0 aliphatic carbocycles. The molecule has 1 rings (SSSR count). The van der Waals surface area contributed by atoms with Crippen LogP contribution >= 0.6 is 0 Å². The van der Waals surface area contributed by atoms with Gasteiger partial charge in [-0.25, -0.2) is 0 Å². The Hall–Kier alpha value is -1.83. The smallest absolute Gasteiger partial charge is 0.236 e. The van der Waals surface area contributed by atoms with Gasteiger partial charge in [-0.1, -0.05) is 45.8 Å². The van der Waals surface area contributed by atoms with Crippen molar-refractivity contribution >= 4 is 14.1 Å². The van der Waals surface area contributed by atoms with Crippen molar-refractivity contribution in [2.24, 2.45) is 5.92 Å². The molecule has 0 saturated heterocycles. The van der Waals surface area contributed by atoms with E-state index < -0.39 is 8.32 Å². The zero-order valence-corrected chi connectivity index (χ0v) is 19.6. The van der Waals surface area contributed by atoms with E-state index >= 15 is 0 Å². The summed E-state index contributed by atoms with van der Waals surface area (Å²) in [5.74, 6) is 6.78. The number of ketones is 1. The van der Waals surface area contributed by atoms with Crippen LogP contribution < -0.4 is 4.74 Å². The van der Waals surface area contributed by atoms with E-state index in [-0.39, 0.29) is 10.8 Å². The van der Waals surface area contributed by atoms with Gasteiger partial charge in [-0.15, -0.1) is 6.58 Å². The first-order valence-corrected chi connectivity index (χ1v) is 12.9. The van der Waals surface area contributed by atoms with Crippen LogP contribution in [-0.4, -0.2) is 27.8 Å². The minimum atomic E-state index is -1.71. The Morgan fingerprint density at radius 2 is 2.00 bits per heavy atom. The number of hydrogen-bond donors (Lipinski definition) is 0. The lowest BCUT2D eigenvalue weighted by Crippen LogP contribution is -2.41. The lowest BCUT2D eigenvalue weighted by Gasteiger charge is -2.37. The lowest BCUT2D eigenvalue weighted by molar-refractivity contribution is 0.105. The molecule has 1 atom stereocenters. The Morgan fingerprint density at radius 1 is 1.32 bits per heavy atom. The molecule has 0 aliphatic rings. The number of benzene rings is 1. The summed E-state index contributed by atoms with van der Waals surface area (Å²) in [7, 11) is -0.104. The number of rotatable bonds is 9. The molecule has 154 valence electrons. The van der Waals surface area contributed by atoms with Crippen molar-refractivity contribution in [2.75, 3.05) is 13.7 Å². The molecule has 0 amide bonds. The number of allylic oxidation sites excluding steroid dienone is 1. The number of hydrogen-bond acceptors (Lipinski definition) is 3. The van der Waals surface area contributed by atoms with E-state index in [1.54, 1.807) is 19.3 Å². The fourth-order valence-electron chi connectivity index (χ4n) is 2.50. The van der Waals surface area contributed by atoms with Gasteiger partial charge in [0.2, 0.25) is 5.78 Å². The van der Waals surface area contributed by atoms with Crippen LogP contribution in [0.1, 0.15) is 56.5 Å². The van der Waals surface area contributed by atoms with Crippen molar-refractivity contribution in [1.29, 1.82) is 0 Å². The summed E-state index contributed by atoms with van der Waals surface area (Å²) in [5, 5.41) is 0.221. The first kappa shape index (κ1) is 24.2. The predicted molar refractivity (Wildman–Crippen MR) is 121 cm³/mol. The van der Waals surface area contributed by atoms with Crippen LogP contribution in [0.4, 0.5) is 0 Å². The molecule has 0 aromatic heterocycles. The molecule has 0 saturated carbocycles. The fourth-order valence-corrected chi connectivity index (χ4v) is 3.64. The molecule has 0 fully saturated rings. The number of carbonyl (C=O) groups excluding carboxylic acids is 1. The molecule has 1 aromatic rings. The van der Waals surface area contributed by atoms with Gasteiger partial charge in [0, 0.05) is 24.2 Å². The summed E-state index contributed by atoms with van der Waals surface area (Å²) in [4.78, 5) is 12.5. The molecule has 0 bridgehead atoms. The summed E-state index contributed by atoms with van der Waals surface area (Å²) in [6, 6.07) is 5.47. The second kappa shape index (κ2) is 10.6. The number of methoxy groups -OCH3 is 1. The van der Waals surface area contributed by atoms with Gasteiger partial charge in [0.05, 0.1) is 7.11 Å². The van der Waals surface area contributed by atoms with E-state index in [1.165, 1.54) is 0 Å². The summed E-state index contributed by atoms with van der Waals surface area (Å²) >= 11 is 0. The second-order valence-electron chi connectivity index (χ2n) is 8.83. The lowest BCUT2D eigenvalue weighted by atomic mass is 9.99. The maximum atomic E-state index is 12.5. The minimum Gasteiger partial charge on any atom is -0.496 e. The Kier molecular flexibility index (Phi) is 9.20. The molecule has 0 spiro atoms. The van der Waals surface area contributed by atoms with Gasteiger partial charge < -0.3 is 9.16 Å². The standard InChI is InChI=1S/C24H36O3Si/c1-9-13-21-20(15-12-17-23(21)26-6)22(25)16-11-10-14-19(2)18-27-28(7,8)24(3,4)5/h9,12,15,17,19H,1,10,13-14,18H2,2-8H3/t19-/m1/s1. The Bertz CT molecular complexity index is 732. The molecular formula is C24H36O3Si. The maximum Gasteiger partial charge on any atom is 0.236 e. The van der Waals surface area contributed by atoms with Gasteiger partial charge in [-0.3, -0.25) is 4.79 Å². The Labute approximate surface area is 172 Å². The topological polar surface area (TPSA) is 35.5 Å². The van der Waals surface area contributed by atoms with Crippen molar-refractivity contribution < 1.29 is 14.0 Å². The fraction of sp³-hybridized carbons (Fsp3) is 0.542. The SMILES string of the molecule is C=CCc1c(OC)cccc1C(=O)C#CCC[C@@H](C)CO[Si](C)(C)C(C)(C)C. The highest BCUT2D eigenvalue weighted by atomic mass is 28.4. The zero-order valence-electron chi connectivity index (χ0n) is 18.6. The Morgan fingerprint density at radius 3 is 2.57 bits per heavy atom. The maximum absolute atomic E-state index is 12.5. The van der Waals surface area contributed by atoms with E-state index in [1.807, 2.05) is 12.1 Å². The normalized spacial score (nSPS) is 12.7. The molecule has 4 heteroatoms. The third kappa shape index (κ3) is 6.96. The average Bonchev–Trinajstić information content (AvgIpc) is 2.63. The second-order valence-corrected chi connectivity index (χ2v) is 13.6. The van der Waals surface area contributed by atoms with E-state index in [4.69, 9.17) is 9.16 Å². The average molecular weight is 401 g/mol. The molecule has 0 N–H and O–H groups in total. The molecule has 0 unspecified atom stereocenters. The van der Waals surface area contributed by atoms with Gasteiger partial charge in [-0.2, -0.15) is 0 Å². The largest absolute Gasteiger partial charge is 0.496 e. The van der Waals surface area contributed by atoms with Gasteiger partial charge in [0.25, 0.3) is 0 Å². The minimum absolute atomic E-state index is 0.166. The van der Waals surface area contributed by atoms with E-state index in [2.05, 4.69) is 59.2 Å². The van der Waals surface area contributed by atoms with Gasteiger partial charge in [0.15, 0.2) is 8.32 Å². The first-order valence-electron chi connectivity index (χ1n) is 9.97. The zero-order chi connectivity index (χ0) is 21.4. The summed E-state index contributed by atoms with van der Waals surface area (Å²) in [5.41, 5.74) is 1.44. The molecule has 3 nitrogen and oxygen atoms in total. The third-order valence-corrected chi connectivity index (χ3v) is 9.95. The highest BCUT2D eigenvalue weighted by Gasteiger charge is 2.37. The van der Waals surface area contributed by atoms with E-state index in [9.17, 15) is 4.79 Å². The summed E-state index contributed by atoms with van der Waals surface area (Å²) < 4.78 is 11.6. The molecule has 28 heavy (non-hydrogen) atoms. The molecule has 1 aromatic carbocycles.